The monoisotopic (exact) mass is 400 g/mol. The molecule has 1 saturated carbocycles. The smallest absolute Gasteiger partial charge is 0.241 e. The summed E-state index contributed by atoms with van der Waals surface area (Å²) >= 11 is 3.09. The summed E-state index contributed by atoms with van der Waals surface area (Å²) in [5.41, 5.74) is 5.70. The summed E-state index contributed by atoms with van der Waals surface area (Å²) in [5, 5.41) is 0. The molecule has 0 saturated heterocycles. The van der Waals surface area contributed by atoms with Crippen molar-refractivity contribution < 1.29 is 12.8 Å². The van der Waals surface area contributed by atoms with E-state index >= 15 is 0 Å². The second-order valence-corrected chi connectivity index (χ2v) is 7.62. The van der Waals surface area contributed by atoms with Crippen LogP contribution in [0.3, 0.4) is 0 Å². The lowest BCUT2D eigenvalue weighted by atomic mass is 9.99. The minimum Gasteiger partial charge on any atom is -0.329 e. The maximum atomic E-state index is 13.0. The molecule has 1 aromatic carbocycles. The molecule has 0 aliphatic heterocycles. The van der Waals surface area contributed by atoms with Crippen molar-refractivity contribution in [1.29, 1.82) is 0 Å². The number of hydrogen-bond acceptors (Lipinski definition) is 3. The molecular weight excluding hydrogens is 383 g/mol. The highest BCUT2D eigenvalue weighted by molar-refractivity contribution is 9.10. The molecule has 1 fully saturated rings. The first-order valence-corrected chi connectivity index (χ1v) is 8.89. The van der Waals surface area contributed by atoms with Crippen LogP contribution in [0, 0.1) is 11.7 Å². The minimum absolute atomic E-state index is 0. The highest BCUT2D eigenvalue weighted by atomic mass is 79.9. The lowest BCUT2D eigenvalue weighted by Crippen LogP contribution is -2.44. The number of hydrogen-bond donors (Lipinski definition) is 2. The minimum atomic E-state index is -3.70. The summed E-state index contributed by atoms with van der Waals surface area (Å²) in [4.78, 5) is 0.0374. The summed E-state index contributed by atoms with van der Waals surface area (Å²) < 4.78 is 40.7. The zero-order valence-corrected chi connectivity index (χ0v) is 14.6. The Morgan fingerprint density at radius 3 is 2.52 bits per heavy atom. The van der Waals surface area contributed by atoms with Crippen LogP contribution in [0.5, 0.6) is 0 Å². The van der Waals surface area contributed by atoms with Gasteiger partial charge < -0.3 is 5.73 Å². The normalized spacial score (nSPS) is 17.5. The Morgan fingerprint density at radius 2 is 2.00 bits per heavy atom. The van der Waals surface area contributed by atoms with Crippen molar-refractivity contribution in [3.8, 4) is 0 Å². The first-order chi connectivity index (χ1) is 9.44. The molecule has 4 nitrogen and oxygen atoms in total. The van der Waals surface area contributed by atoms with Gasteiger partial charge in [0.25, 0.3) is 0 Å². The lowest BCUT2D eigenvalue weighted by molar-refractivity contribution is 0.405. The van der Waals surface area contributed by atoms with Crippen LogP contribution in [0.15, 0.2) is 27.6 Å². The van der Waals surface area contributed by atoms with Crippen LogP contribution in [0.4, 0.5) is 4.39 Å². The molecule has 21 heavy (non-hydrogen) atoms. The van der Waals surface area contributed by atoms with E-state index in [1.165, 1.54) is 6.07 Å². The number of sulfonamides is 1. The molecule has 0 radical (unpaired) electrons. The standard InChI is InChI=1S/C13H18BrFN2O2S.ClH/c14-11-7-10(15)5-6-13(11)20(18,19)17-12(8-16)9-3-1-2-4-9;/h5-7,9,12,17H,1-4,8,16H2;1H. The van der Waals surface area contributed by atoms with Gasteiger partial charge in [-0.2, -0.15) is 0 Å². The topological polar surface area (TPSA) is 72.2 Å². The van der Waals surface area contributed by atoms with E-state index in [1.807, 2.05) is 0 Å². The third-order valence-corrected chi connectivity index (χ3v) is 6.18. The van der Waals surface area contributed by atoms with Crippen LogP contribution in [0.1, 0.15) is 25.7 Å². The van der Waals surface area contributed by atoms with Crippen molar-refractivity contribution in [3.05, 3.63) is 28.5 Å². The molecule has 0 spiro atoms. The van der Waals surface area contributed by atoms with Crippen molar-refractivity contribution in [1.82, 2.24) is 4.72 Å². The summed E-state index contributed by atoms with van der Waals surface area (Å²) in [6, 6.07) is 3.26. The molecule has 8 heteroatoms. The maximum absolute atomic E-state index is 13.0. The van der Waals surface area contributed by atoms with E-state index in [0.29, 0.717) is 0 Å². The van der Waals surface area contributed by atoms with Gasteiger partial charge in [0.1, 0.15) is 5.82 Å². The van der Waals surface area contributed by atoms with Crippen LogP contribution in [0.2, 0.25) is 0 Å². The number of rotatable bonds is 5. The Kier molecular flexibility index (Phi) is 7.06. The molecule has 1 unspecified atom stereocenters. The van der Waals surface area contributed by atoms with Gasteiger partial charge in [0.15, 0.2) is 0 Å². The molecule has 0 amide bonds. The highest BCUT2D eigenvalue weighted by Crippen LogP contribution is 2.29. The van der Waals surface area contributed by atoms with Gasteiger partial charge in [-0.15, -0.1) is 12.4 Å². The van der Waals surface area contributed by atoms with Crippen LogP contribution < -0.4 is 10.5 Å². The molecule has 0 aromatic heterocycles. The third-order valence-electron chi connectivity index (χ3n) is 3.71. The molecule has 1 aliphatic rings. The first-order valence-electron chi connectivity index (χ1n) is 6.61. The van der Waals surface area contributed by atoms with E-state index in [0.717, 1.165) is 37.8 Å². The molecule has 3 N–H and O–H groups in total. The second kappa shape index (κ2) is 7.87. The van der Waals surface area contributed by atoms with Gasteiger partial charge in [0.05, 0.1) is 4.90 Å². The number of benzene rings is 1. The fourth-order valence-corrected chi connectivity index (χ4v) is 5.02. The summed E-state index contributed by atoms with van der Waals surface area (Å²) in [6.45, 7) is 0.267. The van der Waals surface area contributed by atoms with E-state index in [1.54, 1.807) is 0 Å². The Balaban J connectivity index is 0.00000220. The third kappa shape index (κ3) is 4.63. The van der Waals surface area contributed by atoms with Crippen molar-refractivity contribution >= 4 is 38.4 Å². The summed E-state index contributed by atoms with van der Waals surface area (Å²) in [5.74, 6) is -0.198. The Morgan fingerprint density at radius 1 is 1.38 bits per heavy atom. The van der Waals surface area contributed by atoms with Crippen LogP contribution >= 0.6 is 28.3 Å². The van der Waals surface area contributed by atoms with Crippen molar-refractivity contribution in [2.75, 3.05) is 6.54 Å². The van der Waals surface area contributed by atoms with E-state index in [4.69, 9.17) is 5.73 Å². The van der Waals surface area contributed by atoms with Crippen LogP contribution in [-0.4, -0.2) is 21.0 Å². The van der Waals surface area contributed by atoms with Gasteiger partial charge in [-0.3, -0.25) is 0 Å². The van der Waals surface area contributed by atoms with Crippen molar-refractivity contribution in [2.24, 2.45) is 11.7 Å². The fraction of sp³-hybridized carbons (Fsp3) is 0.538. The number of nitrogens with one attached hydrogen (secondary N) is 1. The fourth-order valence-electron chi connectivity index (χ4n) is 2.65. The predicted octanol–water partition coefficient (Wildman–Crippen LogP) is 2.81. The number of halogens is 3. The van der Waals surface area contributed by atoms with Crippen LogP contribution in [-0.2, 0) is 10.0 Å². The second-order valence-electron chi connectivity index (χ2n) is 5.08. The van der Waals surface area contributed by atoms with Gasteiger partial charge in [0.2, 0.25) is 10.0 Å². The zero-order valence-electron chi connectivity index (χ0n) is 11.4. The highest BCUT2D eigenvalue weighted by Gasteiger charge is 2.29. The molecule has 120 valence electrons. The average Bonchev–Trinajstić information content (AvgIpc) is 2.89. The van der Waals surface area contributed by atoms with Gasteiger partial charge >= 0.3 is 0 Å². The molecule has 1 atom stereocenters. The predicted molar refractivity (Wildman–Crippen MR) is 86.5 cm³/mol. The lowest BCUT2D eigenvalue weighted by Gasteiger charge is -2.23. The molecular formula is C13H19BrClFN2O2S. The van der Waals surface area contributed by atoms with E-state index in [2.05, 4.69) is 20.7 Å². The zero-order chi connectivity index (χ0) is 14.8. The van der Waals surface area contributed by atoms with E-state index in [9.17, 15) is 12.8 Å². The number of nitrogens with two attached hydrogens (primary N) is 1. The van der Waals surface area contributed by atoms with Crippen molar-refractivity contribution in [2.45, 2.75) is 36.6 Å². The first kappa shape index (κ1) is 18.8. The Bertz CT molecular complexity index is 580. The molecule has 2 rings (SSSR count). The van der Waals surface area contributed by atoms with E-state index in [-0.39, 0.29) is 40.3 Å². The SMILES string of the molecule is Cl.NCC(NS(=O)(=O)c1ccc(F)cc1Br)C1CCCC1. The quantitative estimate of drug-likeness (QED) is 0.797. The summed E-state index contributed by atoms with van der Waals surface area (Å²) in [7, 11) is -3.70. The Hall–Kier alpha value is -0.210. The Labute approximate surface area is 139 Å². The molecule has 0 bridgehead atoms. The largest absolute Gasteiger partial charge is 0.329 e. The van der Waals surface area contributed by atoms with Crippen LogP contribution in [0.25, 0.3) is 0 Å². The molecule has 1 aliphatic carbocycles. The molecule has 0 heterocycles. The maximum Gasteiger partial charge on any atom is 0.241 e. The van der Waals surface area contributed by atoms with E-state index < -0.39 is 15.8 Å². The van der Waals surface area contributed by atoms with Crippen molar-refractivity contribution in [3.63, 3.8) is 0 Å². The molecule has 1 aromatic rings. The van der Waals surface area contributed by atoms with Gasteiger partial charge in [0, 0.05) is 17.1 Å². The van der Waals surface area contributed by atoms with Gasteiger partial charge in [-0.05, 0) is 52.9 Å². The summed E-state index contributed by atoms with van der Waals surface area (Å²) in [6.07, 6.45) is 4.22. The van der Waals surface area contributed by atoms with Gasteiger partial charge in [-0.25, -0.2) is 17.5 Å². The van der Waals surface area contributed by atoms with Gasteiger partial charge in [-0.1, -0.05) is 12.8 Å². The average molecular weight is 402 g/mol.